The zero-order valence-electron chi connectivity index (χ0n) is 22.4. The molecule has 0 fully saturated rings. The number of allylic oxidation sites excluding steroid dienone is 4. The van der Waals surface area contributed by atoms with Crippen LogP contribution in [0.1, 0.15) is 52.7 Å². The van der Waals surface area contributed by atoms with Crippen LogP contribution in [0.4, 0.5) is 0 Å². The van der Waals surface area contributed by atoms with Crippen molar-refractivity contribution < 1.29 is 19.5 Å². The molecule has 7 nitrogen and oxygen atoms in total. The molecule has 40 heavy (non-hydrogen) atoms. The molecule has 1 heterocycles. The van der Waals surface area contributed by atoms with Crippen molar-refractivity contribution >= 4 is 17.8 Å². The van der Waals surface area contributed by atoms with E-state index in [2.05, 4.69) is 34.9 Å². The number of benzene rings is 3. The summed E-state index contributed by atoms with van der Waals surface area (Å²) in [5.74, 6) is -1.22. The summed E-state index contributed by atoms with van der Waals surface area (Å²) in [5.41, 5.74) is 3.50. The van der Waals surface area contributed by atoms with E-state index in [1.54, 1.807) is 23.2 Å². The normalized spacial score (nSPS) is 13.1. The molecule has 0 saturated carbocycles. The highest BCUT2D eigenvalue weighted by atomic mass is 16.4. The van der Waals surface area contributed by atoms with Crippen LogP contribution in [0.25, 0.3) is 0 Å². The summed E-state index contributed by atoms with van der Waals surface area (Å²) in [6.07, 6.45) is 9.52. The monoisotopic (exact) mass is 535 g/mol. The van der Waals surface area contributed by atoms with Crippen molar-refractivity contribution in [3.63, 3.8) is 0 Å². The third-order valence-corrected chi connectivity index (χ3v) is 6.70. The molecular formula is C33H33N3O4. The van der Waals surface area contributed by atoms with Gasteiger partial charge in [0.15, 0.2) is 0 Å². The van der Waals surface area contributed by atoms with Crippen LogP contribution >= 0.6 is 0 Å². The van der Waals surface area contributed by atoms with E-state index in [0.29, 0.717) is 24.4 Å². The van der Waals surface area contributed by atoms with Crippen molar-refractivity contribution in [3.05, 3.63) is 144 Å². The van der Waals surface area contributed by atoms with Gasteiger partial charge in [-0.2, -0.15) is 0 Å². The lowest BCUT2D eigenvalue weighted by atomic mass is 9.84. The van der Waals surface area contributed by atoms with Gasteiger partial charge in [0.25, 0.3) is 5.91 Å². The third-order valence-electron chi connectivity index (χ3n) is 6.70. The Kier molecular flexibility index (Phi) is 9.67. The number of hydrogen-bond donors (Lipinski definition) is 3. The maximum absolute atomic E-state index is 13.2. The summed E-state index contributed by atoms with van der Waals surface area (Å²) in [5, 5.41) is 15.6. The Morgan fingerprint density at radius 1 is 0.850 bits per heavy atom. The Morgan fingerprint density at radius 3 is 2.12 bits per heavy atom. The first-order valence-electron chi connectivity index (χ1n) is 13.3. The number of aliphatic carboxylic acids is 1. The Balaban J connectivity index is 1.47. The summed E-state index contributed by atoms with van der Waals surface area (Å²) >= 11 is 0. The summed E-state index contributed by atoms with van der Waals surface area (Å²) in [7, 11) is 0. The molecule has 0 saturated heterocycles. The fourth-order valence-electron chi connectivity index (χ4n) is 4.74. The molecule has 0 bridgehead atoms. The first kappa shape index (κ1) is 28.1. The molecular weight excluding hydrogens is 502 g/mol. The second-order valence-electron chi connectivity index (χ2n) is 9.50. The zero-order valence-corrected chi connectivity index (χ0v) is 22.4. The molecule has 3 aromatic rings. The molecule has 0 aliphatic carbocycles. The van der Waals surface area contributed by atoms with Crippen LogP contribution in [0.5, 0.6) is 0 Å². The third kappa shape index (κ3) is 7.35. The van der Waals surface area contributed by atoms with Crippen LogP contribution in [0, 0.1) is 0 Å². The number of amides is 2. The minimum atomic E-state index is -1.12. The Morgan fingerprint density at radius 2 is 1.50 bits per heavy atom. The van der Waals surface area contributed by atoms with E-state index in [1.807, 2.05) is 72.8 Å². The SMILES string of the molecule is CC(=O)N(CCC[C@H](NC(=O)c1cccc(C(c2ccccc2)c2ccccc2)c1)C(=O)O)C1=CC=CC=CN1. The van der Waals surface area contributed by atoms with Gasteiger partial charge in [0.1, 0.15) is 11.9 Å². The second kappa shape index (κ2) is 13.8. The van der Waals surface area contributed by atoms with Gasteiger partial charge in [-0.15, -0.1) is 0 Å². The number of carboxylic acid groups (broad SMARTS) is 1. The number of carboxylic acids is 1. The smallest absolute Gasteiger partial charge is 0.326 e. The van der Waals surface area contributed by atoms with Gasteiger partial charge in [-0.1, -0.05) is 84.9 Å². The molecule has 0 aromatic heterocycles. The minimum Gasteiger partial charge on any atom is -0.480 e. The Labute approximate surface area is 234 Å². The van der Waals surface area contributed by atoms with Crippen LogP contribution in [0.2, 0.25) is 0 Å². The predicted octanol–water partition coefficient (Wildman–Crippen LogP) is 5.19. The lowest BCUT2D eigenvalue weighted by Gasteiger charge is -2.24. The molecule has 4 rings (SSSR count). The summed E-state index contributed by atoms with van der Waals surface area (Å²) in [6.45, 7) is 1.77. The van der Waals surface area contributed by atoms with E-state index in [1.165, 1.54) is 6.92 Å². The van der Waals surface area contributed by atoms with Gasteiger partial charge in [-0.05, 0) is 53.8 Å². The standard InChI is InChI=1S/C33H33N3O4/c1-24(37)36(30-20-9-4-10-21-34-30)22-12-19-29(33(39)40)35-32(38)28-18-11-17-27(23-28)31(25-13-5-2-6-14-25)26-15-7-3-8-16-26/h2-11,13-18,20-21,23,29,31,34H,12,19,22H2,1H3,(H,35,38)(H,39,40)/t29-/m0/s1. The van der Waals surface area contributed by atoms with Crippen molar-refractivity contribution in [2.75, 3.05) is 6.54 Å². The van der Waals surface area contributed by atoms with E-state index in [9.17, 15) is 19.5 Å². The van der Waals surface area contributed by atoms with Gasteiger partial charge < -0.3 is 15.7 Å². The van der Waals surface area contributed by atoms with Gasteiger partial charge in [-0.3, -0.25) is 14.5 Å². The molecule has 1 atom stereocenters. The van der Waals surface area contributed by atoms with Gasteiger partial charge in [0.05, 0.1) is 0 Å². The van der Waals surface area contributed by atoms with Crippen LogP contribution in [0.15, 0.2) is 121 Å². The summed E-state index contributed by atoms with van der Waals surface area (Å²) in [4.78, 5) is 39.0. The Bertz CT molecular complexity index is 1370. The predicted molar refractivity (Wildman–Crippen MR) is 155 cm³/mol. The molecule has 0 unspecified atom stereocenters. The topological polar surface area (TPSA) is 98.7 Å². The number of nitrogens with one attached hydrogen (secondary N) is 2. The molecule has 3 N–H and O–H groups in total. The number of carbonyl (C=O) groups excluding carboxylic acids is 2. The molecule has 7 heteroatoms. The molecule has 1 aliphatic rings. The number of hydrogen-bond acceptors (Lipinski definition) is 4. The van der Waals surface area contributed by atoms with E-state index >= 15 is 0 Å². The molecule has 0 spiro atoms. The van der Waals surface area contributed by atoms with Crippen LogP contribution in [-0.4, -0.2) is 40.4 Å². The fraction of sp³-hybridized carbons (Fsp3) is 0.182. The van der Waals surface area contributed by atoms with Crippen LogP contribution in [0.3, 0.4) is 0 Å². The first-order valence-corrected chi connectivity index (χ1v) is 13.3. The van der Waals surface area contributed by atoms with Crippen molar-refractivity contribution in [2.45, 2.75) is 31.7 Å². The average Bonchev–Trinajstić information content (AvgIpc) is 3.25. The largest absolute Gasteiger partial charge is 0.480 e. The van der Waals surface area contributed by atoms with E-state index in [4.69, 9.17) is 0 Å². The van der Waals surface area contributed by atoms with Gasteiger partial charge >= 0.3 is 5.97 Å². The minimum absolute atomic E-state index is 0.0837. The number of rotatable bonds is 11. The average molecular weight is 536 g/mol. The second-order valence-corrected chi connectivity index (χ2v) is 9.50. The van der Waals surface area contributed by atoms with Gasteiger partial charge in [0.2, 0.25) is 5.91 Å². The lowest BCUT2D eigenvalue weighted by Crippen LogP contribution is -2.42. The maximum atomic E-state index is 13.2. The van der Waals surface area contributed by atoms with E-state index in [-0.39, 0.29) is 18.2 Å². The molecule has 0 radical (unpaired) electrons. The first-order chi connectivity index (χ1) is 19.4. The molecule has 204 valence electrons. The van der Waals surface area contributed by atoms with Crippen molar-refractivity contribution in [1.82, 2.24) is 15.5 Å². The highest BCUT2D eigenvalue weighted by Gasteiger charge is 2.23. The molecule has 3 aromatic carbocycles. The number of carbonyl (C=O) groups is 3. The van der Waals surface area contributed by atoms with E-state index in [0.717, 1.165) is 16.7 Å². The molecule has 2 amide bonds. The fourth-order valence-corrected chi connectivity index (χ4v) is 4.74. The van der Waals surface area contributed by atoms with Crippen molar-refractivity contribution in [1.29, 1.82) is 0 Å². The van der Waals surface area contributed by atoms with Crippen LogP contribution in [-0.2, 0) is 9.59 Å². The summed E-state index contributed by atoms with van der Waals surface area (Å²) < 4.78 is 0. The van der Waals surface area contributed by atoms with Crippen molar-refractivity contribution in [2.24, 2.45) is 0 Å². The quantitative estimate of drug-likeness (QED) is 0.294. The Hall–Kier alpha value is -4.91. The molecule has 1 aliphatic heterocycles. The van der Waals surface area contributed by atoms with Crippen molar-refractivity contribution in [3.8, 4) is 0 Å². The summed E-state index contributed by atoms with van der Waals surface area (Å²) in [6, 6.07) is 26.3. The number of nitrogens with zero attached hydrogens (tertiary/aromatic N) is 1. The van der Waals surface area contributed by atoms with Gasteiger partial charge in [0, 0.05) is 31.1 Å². The van der Waals surface area contributed by atoms with E-state index < -0.39 is 17.9 Å². The van der Waals surface area contributed by atoms with Crippen LogP contribution < -0.4 is 10.6 Å². The zero-order chi connectivity index (χ0) is 28.3. The highest BCUT2D eigenvalue weighted by molar-refractivity contribution is 5.96. The highest BCUT2D eigenvalue weighted by Crippen LogP contribution is 2.32. The lowest BCUT2D eigenvalue weighted by molar-refractivity contribution is -0.139. The van der Waals surface area contributed by atoms with Gasteiger partial charge in [-0.25, -0.2) is 4.79 Å². The maximum Gasteiger partial charge on any atom is 0.326 e.